The molecule has 2 heterocycles. The van der Waals surface area contributed by atoms with E-state index in [9.17, 15) is 4.79 Å². The van der Waals surface area contributed by atoms with Gasteiger partial charge in [0.25, 0.3) is 5.91 Å². The average molecular weight is 283 g/mol. The number of carbonyl (C=O) groups excluding carboxylic acids is 1. The van der Waals surface area contributed by atoms with Crippen molar-refractivity contribution >= 4 is 5.91 Å². The van der Waals surface area contributed by atoms with Crippen LogP contribution in [0, 0.1) is 20.8 Å². The maximum absolute atomic E-state index is 12.8. The van der Waals surface area contributed by atoms with E-state index < -0.39 is 0 Å². The molecule has 0 N–H and O–H groups in total. The molecule has 1 aliphatic rings. The second kappa shape index (κ2) is 5.40. The Morgan fingerprint density at radius 2 is 1.90 bits per heavy atom. The molecule has 2 aromatic rings. The second-order valence-corrected chi connectivity index (χ2v) is 5.89. The molecular formula is C18H21NO2. The van der Waals surface area contributed by atoms with E-state index in [1.165, 1.54) is 11.1 Å². The summed E-state index contributed by atoms with van der Waals surface area (Å²) in [7, 11) is 0. The highest BCUT2D eigenvalue weighted by molar-refractivity contribution is 5.95. The highest BCUT2D eigenvalue weighted by atomic mass is 16.3. The third kappa shape index (κ3) is 2.60. The summed E-state index contributed by atoms with van der Waals surface area (Å²) in [5.41, 5.74) is 3.17. The van der Waals surface area contributed by atoms with Gasteiger partial charge in [0.1, 0.15) is 11.5 Å². The summed E-state index contributed by atoms with van der Waals surface area (Å²) >= 11 is 0. The lowest BCUT2D eigenvalue weighted by atomic mass is 10.0. The van der Waals surface area contributed by atoms with Crippen LogP contribution in [-0.2, 0) is 0 Å². The zero-order chi connectivity index (χ0) is 15.0. The summed E-state index contributed by atoms with van der Waals surface area (Å²) in [6.07, 6.45) is 2.09. The van der Waals surface area contributed by atoms with Crippen LogP contribution in [0.4, 0.5) is 0 Å². The van der Waals surface area contributed by atoms with E-state index in [1.807, 2.05) is 24.8 Å². The Balaban J connectivity index is 1.88. The molecule has 0 unspecified atom stereocenters. The van der Waals surface area contributed by atoms with Crippen LogP contribution in [0.15, 0.2) is 34.7 Å². The monoisotopic (exact) mass is 283 g/mol. The minimum Gasteiger partial charge on any atom is -0.466 e. The first kappa shape index (κ1) is 13.9. The number of amides is 1. The molecule has 1 aromatic heterocycles. The van der Waals surface area contributed by atoms with E-state index in [0.717, 1.165) is 25.1 Å². The van der Waals surface area contributed by atoms with E-state index in [-0.39, 0.29) is 11.9 Å². The minimum absolute atomic E-state index is 0.0902. The molecule has 1 atom stereocenters. The maximum atomic E-state index is 12.8. The van der Waals surface area contributed by atoms with Gasteiger partial charge in [0.05, 0.1) is 11.6 Å². The number of carbonyl (C=O) groups is 1. The molecular weight excluding hydrogens is 262 g/mol. The third-order valence-electron chi connectivity index (χ3n) is 4.25. The van der Waals surface area contributed by atoms with Gasteiger partial charge in [0.2, 0.25) is 0 Å². The molecule has 0 radical (unpaired) electrons. The van der Waals surface area contributed by atoms with E-state index in [1.54, 1.807) is 0 Å². The molecule has 0 spiro atoms. The molecule has 0 saturated carbocycles. The molecule has 1 fully saturated rings. The van der Waals surface area contributed by atoms with Gasteiger partial charge in [-0.25, -0.2) is 0 Å². The molecule has 3 heteroatoms. The fourth-order valence-electron chi connectivity index (χ4n) is 3.14. The Morgan fingerprint density at radius 3 is 2.52 bits per heavy atom. The smallest absolute Gasteiger partial charge is 0.257 e. The summed E-state index contributed by atoms with van der Waals surface area (Å²) in [6.45, 7) is 6.64. The summed E-state index contributed by atoms with van der Waals surface area (Å²) in [5.74, 6) is 1.60. The lowest BCUT2D eigenvalue weighted by molar-refractivity contribution is 0.0734. The number of aryl methyl sites for hydroxylation is 3. The van der Waals surface area contributed by atoms with Crippen LogP contribution in [0.5, 0.6) is 0 Å². The molecule has 3 rings (SSSR count). The van der Waals surface area contributed by atoms with Gasteiger partial charge in [-0.2, -0.15) is 0 Å². The molecule has 0 aliphatic carbocycles. The Labute approximate surface area is 125 Å². The normalized spacial score (nSPS) is 18.2. The van der Waals surface area contributed by atoms with Crippen molar-refractivity contribution in [1.29, 1.82) is 0 Å². The van der Waals surface area contributed by atoms with Crippen molar-refractivity contribution < 1.29 is 9.21 Å². The zero-order valence-electron chi connectivity index (χ0n) is 12.8. The van der Waals surface area contributed by atoms with Gasteiger partial charge in [-0.3, -0.25) is 4.79 Å². The van der Waals surface area contributed by atoms with E-state index >= 15 is 0 Å². The average Bonchev–Trinajstić information content (AvgIpc) is 3.05. The molecule has 1 aromatic carbocycles. The third-order valence-corrected chi connectivity index (χ3v) is 4.25. The number of nitrogens with zero attached hydrogens (tertiary/aromatic N) is 1. The van der Waals surface area contributed by atoms with Gasteiger partial charge in [0.15, 0.2) is 0 Å². The Morgan fingerprint density at radius 1 is 1.19 bits per heavy atom. The van der Waals surface area contributed by atoms with Gasteiger partial charge >= 0.3 is 0 Å². The summed E-state index contributed by atoms with van der Waals surface area (Å²) in [6, 6.07) is 10.5. The van der Waals surface area contributed by atoms with Crippen LogP contribution in [0.3, 0.4) is 0 Å². The van der Waals surface area contributed by atoms with Crippen molar-refractivity contribution in [2.45, 2.75) is 39.7 Å². The summed E-state index contributed by atoms with van der Waals surface area (Å²) in [5, 5.41) is 0. The van der Waals surface area contributed by atoms with Crippen molar-refractivity contribution in [3.63, 3.8) is 0 Å². The number of hydrogen-bond acceptors (Lipinski definition) is 2. The van der Waals surface area contributed by atoms with Crippen LogP contribution in [0.1, 0.15) is 51.9 Å². The fraction of sp³-hybridized carbons (Fsp3) is 0.389. The zero-order valence-corrected chi connectivity index (χ0v) is 12.8. The van der Waals surface area contributed by atoms with Crippen molar-refractivity contribution in [1.82, 2.24) is 4.90 Å². The topological polar surface area (TPSA) is 33.5 Å². The van der Waals surface area contributed by atoms with Crippen LogP contribution < -0.4 is 0 Å². The number of rotatable bonds is 2. The quantitative estimate of drug-likeness (QED) is 0.828. The number of hydrogen-bond donors (Lipinski definition) is 0. The SMILES string of the molecule is Cc1ccc([C@H]2CCCN2C(=O)c2cc(C)oc2C)cc1. The summed E-state index contributed by atoms with van der Waals surface area (Å²) < 4.78 is 5.50. The van der Waals surface area contributed by atoms with Crippen LogP contribution in [0.2, 0.25) is 0 Å². The Hall–Kier alpha value is -2.03. The van der Waals surface area contributed by atoms with Crippen molar-refractivity contribution in [2.24, 2.45) is 0 Å². The minimum atomic E-state index is 0.0902. The lowest BCUT2D eigenvalue weighted by Gasteiger charge is -2.25. The predicted octanol–water partition coefficient (Wildman–Crippen LogP) is 4.18. The number of benzene rings is 1. The first-order chi connectivity index (χ1) is 10.1. The van der Waals surface area contributed by atoms with Crippen LogP contribution >= 0.6 is 0 Å². The standard InChI is InChI=1S/C18H21NO2/c1-12-6-8-15(9-7-12)17-5-4-10-19(17)18(20)16-11-13(2)21-14(16)3/h6-9,11,17H,4-5,10H2,1-3H3/t17-/m1/s1. The summed E-state index contributed by atoms with van der Waals surface area (Å²) in [4.78, 5) is 14.8. The van der Waals surface area contributed by atoms with Crippen molar-refractivity contribution in [3.8, 4) is 0 Å². The first-order valence-corrected chi connectivity index (χ1v) is 7.51. The van der Waals surface area contributed by atoms with Gasteiger partial charge in [-0.15, -0.1) is 0 Å². The molecule has 110 valence electrons. The maximum Gasteiger partial charge on any atom is 0.257 e. The Kier molecular flexibility index (Phi) is 3.58. The molecule has 21 heavy (non-hydrogen) atoms. The van der Waals surface area contributed by atoms with Crippen molar-refractivity contribution in [3.05, 3.63) is 58.5 Å². The van der Waals surface area contributed by atoms with Crippen LogP contribution in [-0.4, -0.2) is 17.4 Å². The second-order valence-electron chi connectivity index (χ2n) is 5.89. The molecule has 1 amide bonds. The van der Waals surface area contributed by atoms with Gasteiger partial charge < -0.3 is 9.32 Å². The lowest BCUT2D eigenvalue weighted by Crippen LogP contribution is -2.30. The Bertz CT molecular complexity index is 654. The van der Waals surface area contributed by atoms with E-state index in [0.29, 0.717) is 11.3 Å². The highest BCUT2D eigenvalue weighted by Gasteiger charge is 2.32. The van der Waals surface area contributed by atoms with Gasteiger partial charge in [-0.1, -0.05) is 29.8 Å². The number of likely N-dealkylation sites (tertiary alicyclic amines) is 1. The van der Waals surface area contributed by atoms with Gasteiger partial charge in [0, 0.05) is 6.54 Å². The van der Waals surface area contributed by atoms with Gasteiger partial charge in [-0.05, 0) is 45.2 Å². The molecule has 3 nitrogen and oxygen atoms in total. The molecule has 1 aliphatic heterocycles. The fourth-order valence-corrected chi connectivity index (χ4v) is 3.14. The van der Waals surface area contributed by atoms with E-state index in [2.05, 4.69) is 31.2 Å². The number of furan rings is 1. The van der Waals surface area contributed by atoms with Crippen molar-refractivity contribution in [2.75, 3.05) is 6.54 Å². The van der Waals surface area contributed by atoms with Crippen LogP contribution in [0.25, 0.3) is 0 Å². The first-order valence-electron chi connectivity index (χ1n) is 7.51. The largest absolute Gasteiger partial charge is 0.466 e. The molecule has 0 bridgehead atoms. The molecule has 1 saturated heterocycles. The van der Waals surface area contributed by atoms with E-state index in [4.69, 9.17) is 4.42 Å². The predicted molar refractivity (Wildman–Crippen MR) is 82.4 cm³/mol. The highest BCUT2D eigenvalue weighted by Crippen LogP contribution is 2.34.